The molecule has 0 bridgehead atoms. The summed E-state index contributed by atoms with van der Waals surface area (Å²) in [5.41, 5.74) is 7.37. The first-order chi connectivity index (χ1) is 7.25. The zero-order valence-electron chi connectivity index (χ0n) is 8.05. The van der Waals surface area contributed by atoms with E-state index < -0.39 is 0 Å². The topological polar surface area (TPSA) is 43.0 Å². The molecule has 76 valence electrons. The van der Waals surface area contributed by atoms with E-state index in [2.05, 4.69) is 5.32 Å². The maximum absolute atomic E-state index is 5.41. The highest BCUT2D eigenvalue weighted by atomic mass is 32.1. The van der Waals surface area contributed by atoms with Crippen LogP contribution in [0, 0.1) is 0 Å². The van der Waals surface area contributed by atoms with E-state index in [1.165, 1.54) is 0 Å². The maximum Gasteiger partial charge on any atom is 0.168 e. The van der Waals surface area contributed by atoms with Gasteiger partial charge in [0, 0.05) is 23.8 Å². The molecular weight excluding hydrogens is 206 g/mol. The Balaban J connectivity index is 2.31. The molecule has 0 atom stereocenters. The summed E-state index contributed by atoms with van der Waals surface area (Å²) in [7, 11) is 0. The Bertz CT molecular complexity index is 462. The van der Waals surface area contributed by atoms with E-state index in [1.54, 1.807) is 0 Å². The predicted molar refractivity (Wildman–Crippen MR) is 66.2 cm³/mol. The number of hydrogen-bond acceptors (Lipinski definition) is 1. The van der Waals surface area contributed by atoms with Gasteiger partial charge in [-0.25, -0.2) is 0 Å². The van der Waals surface area contributed by atoms with Gasteiger partial charge in [-0.15, -0.1) is 0 Å². The summed E-state index contributed by atoms with van der Waals surface area (Å²) in [6.07, 6.45) is 3.97. The van der Waals surface area contributed by atoms with Crippen LogP contribution in [0.3, 0.4) is 0 Å². The molecule has 3 N–H and O–H groups in total. The van der Waals surface area contributed by atoms with Gasteiger partial charge in [-0.05, 0) is 42.5 Å². The molecule has 2 aromatic rings. The maximum atomic E-state index is 5.41. The first kappa shape index (κ1) is 9.73. The van der Waals surface area contributed by atoms with Crippen LogP contribution in [-0.2, 0) is 0 Å². The van der Waals surface area contributed by atoms with Crippen molar-refractivity contribution >= 4 is 23.0 Å². The molecule has 15 heavy (non-hydrogen) atoms. The van der Waals surface area contributed by atoms with E-state index in [-0.39, 0.29) is 5.11 Å². The van der Waals surface area contributed by atoms with E-state index in [9.17, 15) is 0 Å². The van der Waals surface area contributed by atoms with Crippen LogP contribution in [-0.4, -0.2) is 9.68 Å². The molecule has 0 saturated heterocycles. The van der Waals surface area contributed by atoms with Crippen LogP contribution in [0.1, 0.15) is 0 Å². The second-order valence-corrected chi connectivity index (χ2v) is 3.57. The van der Waals surface area contributed by atoms with Crippen molar-refractivity contribution in [1.82, 2.24) is 4.57 Å². The minimum atomic E-state index is 0.277. The predicted octanol–water partition coefficient (Wildman–Crippen LogP) is 2.13. The fourth-order valence-corrected chi connectivity index (χ4v) is 1.51. The summed E-state index contributed by atoms with van der Waals surface area (Å²) in [6, 6.07) is 11.8. The largest absolute Gasteiger partial charge is 0.376 e. The number of thiocarbonyl (C=S) groups is 1. The smallest absolute Gasteiger partial charge is 0.168 e. The molecule has 0 saturated carbocycles. The Labute approximate surface area is 93.5 Å². The van der Waals surface area contributed by atoms with Gasteiger partial charge in [0.15, 0.2) is 5.11 Å². The number of benzene rings is 1. The lowest BCUT2D eigenvalue weighted by atomic mass is 10.3. The monoisotopic (exact) mass is 217 g/mol. The normalized spacial score (nSPS) is 9.87. The van der Waals surface area contributed by atoms with Gasteiger partial charge < -0.3 is 15.6 Å². The van der Waals surface area contributed by atoms with Gasteiger partial charge in [0.05, 0.1) is 0 Å². The lowest BCUT2D eigenvalue weighted by Gasteiger charge is -2.07. The minimum Gasteiger partial charge on any atom is -0.376 e. The van der Waals surface area contributed by atoms with Crippen molar-refractivity contribution in [3.05, 3.63) is 48.8 Å². The van der Waals surface area contributed by atoms with E-state index in [0.717, 1.165) is 11.4 Å². The molecule has 1 aromatic heterocycles. The Morgan fingerprint density at radius 1 is 1.20 bits per heavy atom. The van der Waals surface area contributed by atoms with Gasteiger partial charge in [-0.3, -0.25) is 0 Å². The molecule has 0 fully saturated rings. The molecule has 0 aliphatic carbocycles. The summed E-state index contributed by atoms with van der Waals surface area (Å²) in [4.78, 5) is 0. The van der Waals surface area contributed by atoms with Crippen LogP contribution < -0.4 is 11.1 Å². The number of hydrogen-bond donors (Lipinski definition) is 2. The average molecular weight is 217 g/mol. The van der Waals surface area contributed by atoms with E-state index >= 15 is 0 Å². The highest BCUT2D eigenvalue weighted by Crippen LogP contribution is 2.14. The van der Waals surface area contributed by atoms with E-state index in [1.807, 2.05) is 53.4 Å². The third-order valence-corrected chi connectivity index (χ3v) is 2.12. The summed E-state index contributed by atoms with van der Waals surface area (Å²) in [5, 5.41) is 3.18. The standard InChI is InChI=1S/C11H11N3S/c12-11(15)13-9-4-3-5-10(8-9)14-6-1-2-7-14/h1-8H,(H3,12,13,15). The number of nitrogens with two attached hydrogens (primary N) is 1. The first-order valence-electron chi connectivity index (χ1n) is 4.55. The second-order valence-electron chi connectivity index (χ2n) is 3.13. The lowest BCUT2D eigenvalue weighted by molar-refractivity contribution is 1.08. The molecule has 1 aromatic carbocycles. The summed E-state index contributed by atoms with van der Waals surface area (Å²) in [5.74, 6) is 0. The first-order valence-corrected chi connectivity index (χ1v) is 4.96. The quantitative estimate of drug-likeness (QED) is 0.757. The van der Waals surface area contributed by atoms with Crippen molar-refractivity contribution in [3.63, 3.8) is 0 Å². The van der Waals surface area contributed by atoms with Crippen molar-refractivity contribution in [1.29, 1.82) is 0 Å². The van der Waals surface area contributed by atoms with E-state index in [0.29, 0.717) is 0 Å². The molecule has 2 rings (SSSR count). The Morgan fingerprint density at radius 2 is 1.93 bits per heavy atom. The average Bonchev–Trinajstić information content (AvgIpc) is 2.69. The summed E-state index contributed by atoms with van der Waals surface area (Å²) in [6.45, 7) is 0. The van der Waals surface area contributed by atoms with Crippen LogP contribution in [0.5, 0.6) is 0 Å². The molecule has 0 radical (unpaired) electrons. The molecule has 0 aliphatic rings. The highest BCUT2D eigenvalue weighted by molar-refractivity contribution is 7.80. The van der Waals surface area contributed by atoms with Crippen LogP contribution >= 0.6 is 12.2 Å². The van der Waals surface area contributed by atoms with Gasteiger partial charge in [0.2, 0.25) is 0 Å². The van der Waals surface area contributed by atoms with Crippen molar-refractivity contribution < 1.29 is 0 Å². The van der Waals surface area contributed by atoms with Gasteiger partial charge >= 0.3 is 0 Å². The van der Waals surface area contributed by atoms with Gasteiger partial charge in [0.1, 0.15) is 0 Å². The second kappa shape index (κ2) is 4.14. The molecule has 0 spiro atoms. The molecule has 3 nitrogen and oxygen atoms in total. The lowest BCUT2D eigenvalue weighted by Crippen LogP contribution is -2.18. The SMILES string of the molecule is NC(=S)Nc1cccc(-n2cccc2)c1. The Hall–Kier alpha value is -1.81. The van der Waals surface area contributed by atoms with Gasteiger partial charge in [-0.1, -0.05) is 6.07 Å². The third kappa shape index (κ3) is 2.35. The third-order valence-electron chi connectivity index (χ3n) is 2.02. The number of nitrogens with zero attached hydrogens (tertiary/aromatic N) is 1. The number of aromatic nitrogens is 1. The zero-order chi connectivity index (χ0) is 10.7. The van der Waals surface area contributed by atoms with Crippen molar-refractivity contribution in [2.24, 2.45) is 5.73 Å². The Morgan fingerprint density at radius 3 is 2.60 bits per heavy atom. The van der Waals surface area contributed by atoms with Crippen molar-refractivity contribution in [2.75, 3.05) is 5.32 Å². The number of nitrogens with one attached hydrogen (secondary N) is 1. The van der Waals surface area contributed by atoms with Crippen molar-refractivity contribution in [2.45, 2.75) is 0 Å². The summed E-state index contributed by atoms with van der Waals surface area (Å²) >= 11 is 4.78. The van der Waals surface area contributed by atoms with Gasteiger partial charge in [-0.2, -0.15) is 0 Å². The molecule has 0 aliphatic heterocycles. The summed E-state index contributed by atoms with van der Waals surface area (Å²) < 4.78 is 2.02. The fourth-order valence-electron chi connectivity index (χ4n) is 1.39. The van der Waals surface area contributed by atoms with Crippen LogP contribution in [0.25, 0.3) is 5.69 Å². The molecule has 1 heterocycles. The van der Waals surface area contributed by atoms with Crippen LogP contribution in [0.4, 0.5) is 5.69 Å². The van der Waals surface area contributed by atoms with E-state index in [4.69, 9.17) is 18.0 Å². The van der Waals surface area contributed by atoms with Crippen molar-refractivity contribution in [3.8, 4) is 5.69 Å². The molecule has 4 heteroatoms. The van der Waals surface area contributed by atoms with Crippen LogP contribution in [0.15, 0.2) is 48.8 Å². The fraction of sp³-hybridized carbons (Fsp3) is 0. The van der Waals surface area contributed by atoms with Crippen LogP contribution in [0.2, 0.25) is 0 Å². The molecule has 0 unspecified atom stereocenters. The Kier molecular flexibility index (Phi) is 2.69. The minimum absolute atomic E-state index is 0.277. The van der Waals surface area contributed by atoms with Gasteiger partial charge in [0.25, 0.3) is 0 Å². The number of rotatable bonds is 2. The molecular formula is C11H11N3S. The number of anilines is 1. The highest BCUT2D eigenvalue weighted by Gasteiger charge is 1.97. The zero-order valence-corrected chi connectivity index (χ0v) is 8.87. The molecule has 0 amide bonds.